The quantitative estimate of drug-likeness (QED) is 0.805. The van der Waals surface area contributed by atoms with E-state index >= 15 is 0 Å². The lowest BCUT2D eigenvalue weighted by Gasteiger charge is -2.07. The Kier molecular flexibility index (Phi) is 5.09. The highest BCUT2D eigenvalue weighted by molar-refractivity contribution is 6.02. The summed E-state index contributed by atoms with van der Waals surface area (Å²) >= 11 is 0. The third-order valence-corrected chi connectivity index (χ3v) is 3.18. The zero-order valence-electron chi connectivity index (χ0n) is 12.3. The van der Waals surface area contributed by atoms with Gasteiger partial charge in [0, 0.05) is 24.2 Å². The van der Waals surface area contributed by atoms with Gasteiger partial charge >= 0.3 is 0 Å². The van der Waals surface area contributed by atoms with Gasteiger partial charge in [0.05, 0.1) is 0 Å². The van der Waals surface area contributed by atoms with Gasteiger partial charge in [-0.25, -0.2) is 0 Å². The van der Waals surface area contributed by atoms with Crippen molar-refractivity contribution in [3.05, 3.63) is 72.8 Å². The Morgan fingerprint density at radius 3 is 1.68 bits per heavy atom. The molecule has 2 N–H and O–H groups in total. The molecule has 22 heavy (non-hydrogen) atoms. The Morgan fingerprint density at radius 2 is 1.27 bits per heavy atom. The normalized spacial score (nSPS) is 10.0. The Labute approximate surface area is 129 Å². The molecule has 2 rings (SSSR count). The molecule has 0 saturated carbocycles. The number of benzene rings is 2. The van der Waals surface area contributed by atoms with Crippen molar-refractivity contribution >= 4 is 22.6 Å². The third-order valence-electron chi connectivity index (χ3n) is 3.18. The minimum Gasteiger partial charge on any atom is -0.349 e. The van der Waals surface area contributed by atoms with E-state index in [-0.39, 0.29) is 11.8 Å². The number of rotatable bonds is 6. The van der Waals surface area contributed by atoms with Gasteiger partial charge in [0.25, 0.3) is 11.8 Å². The van der Waals surface area contributed by atoms with E-state index in [1.165, 1.54) is 0 Å². The molecule has 112 valence electrons. The number of carbonyl (C=O) groups excluding carboxylic acids is 2. The first-order chi connectivity index (χ1) is 10.7. The molecule has 0 aromatic heterocycles. The second kappa shape index (κ2) is 7.22. The SMILES string of the molecule is C=CCNC(=O)c1ccc2ccc(C(=O)NCC=C)cc2c1. The topological polar surface area (TPSA) is 58.2 Å². The molecular formula is C18H18N2O2. The van der Waals surface area contributed by atoms with Crippen LogP contribution >= 0.6 is 0 Å². The van der Waals surface area contributed by atoms with Crippen LogP contribution in [0.4, 0.5) is 0 Å². The van der Waals surface area contributed by atoms with Crippen LogP contribution < -0.4 is 10.6 Å². The van der Waals surface area contributed by atoms with Crippen LogP contribution in [0.1, 0.15) is 20.7 Å². The Bertz CT molecular complexity index is 676. The molecule has 0 aliphatic rings. The monoisotopic (exact) mass is 294 g/mol. The van der Waals surface area contributed by atoms with Gasteiger partial charge in [-0.15, -0.1) is 13.2 Å². The molecule has 4 nitrogen and oxygen atoms in total. The molecular weight excluding hydrogens is 276 g/mol. The molecule has 2 aromatic carbocycles. The van der Waals surface area contributed by atoms with Crippen molar-refractivity contribution in [3.63, 3.8) is 0 Å². The van der Waals surface area contributed by atoms with E-state index in [1.807, 2.05) is 12.1 Å². The second-order valence-electron chi connectivity index (χ2n) is 4.77. The molecule has 4 heteroatoms. The van der Waals surface area contributed by atoms with Gasteiger partial charge in [-0.3, -0.25) is 9.59 Å². The summed E-state index contributed by atoms with van der Waals surface area (Å²) in [5, 5.41) is 7.28. The lowest BCUT2D eigenvalue weighted by atomic mass is 10.0. The fourth-order valence-corrected chi connectivity index (χ4v) is 2.06. The number of hydrogen-bond acceptors (Lipinski definition) is 2. The fraction of sp³-hybridized carbons (Fsp3) is 0.111. The highest BCUT2D eigenvalue weighted by atomic mass is 16.2. The smallest absolute Gasteiger partial charge is 0.251 e. The van der Waals surface area contributed by atoms with Crippen molar-refractivity contribution < 1.29 is 9.59 Å². The number of carbonyl (C=O) groups is 2. The summed E-state index contributed by atoms with van der Waals surface area (Å²) < 4.78 is 0. The van der Waals surface area contributed by atoms with E-state index in [2.05, 4.69) is 23.8 Å². The van der Waals surface area contributed by atoms with Crippen molar-refractivity contribution in [1.82, 2.24) is 10.6 Å². The molecule has 0 unspecified atom stereocenters. The summed E-state index contributed by atoms with van der Waals surface area (Å²) in [6.07, 6.45) is 3.25. The predicted octanol–water partition coefficient (Wildman–Crippen LogP) is 2.67. The van der Waals surface area contributed by atoms with Crippen molar-refractivity contribution in [2.24, 2.45) is 0 Å². The molecule has 2 aromatic rings. The zero-order valence-corrected chi connectivity index (χ0v) is 12.3. The summed E-state index contributed by atoms with van der Waals surface area (Å²) in [5.74, 6) is -0.327. The first-order valence-corrected chi connectivity index (χ1v) is 6.97. The van der Waals surface area contributed by atoms with Crippen molar-refractivity contribution in [1.29, 1.82) is 0 Å². The maximum Gasteiger partial charge on any atom is 0.251 e. The van der Waals surface area contributed by atoms with Crippen LogP contribution in [-0.2, 0) is 0 Å². The number of fused-ring (bicyclic) bond motifs is 1. The van der Waals surface area contributed by atoms with Gasteiger partial charge in [0.1, 0.15) is 0 Å². The van der Waals surface area contributed by atoms with E-state index in [1.54, 1.807) is 36.4 Å². The van der Waals surface area contributed by atoms with Gasteiger partial charge in [0.2, 0.25) is 0 Å². The lowest BCUT2D eigenvalue weighted by molar-refractivity contribution is 0.0950. The van der Waals surface area contributed by atoms with Crippen LogP contribution in [0, 0.1) is 0 Å². The van der Waals surface area contributed by atoms with Gasteiger partial charge < -0.3 is 10.6 Å². The zero-order chi connectivity index (χ0) is 15.9. The Morgan fingerprint density at radius 1 is 0.818 bits per heavy atom. The van der Waals surface area contributed by atoms with Crippen LogP contribution in [0.3, 0.4) is 0 Å². The van der Waals surface area contributed by atoms with Crippen molar-refractivity contribution in [2.45, 2.75) is 0 Å². The fourth-order valence-electron chi connectivity index (χ4n) is 2.06. The van der Waals surface area contributed by atoms with Gasteiger partial charge in [0.15, 0.2) is 0 Å². The highest BCUT2D eigenvalue weighted by Crippen LogP contribution is 2.18. The van der Waals surface area contributed by atoms with Gasteiger partial charge in [-0.05, 0) is 35.0 Å². The molecule has 0 aliphatic heterocycles. The molecule has 0 fully saturated rings. The second-order valence-corrected chi connectivity index (χ2v) is 4.77. The van der Waals surface area contributed by atoms with Crippen molar-refractivity contribution in [3.8, 4) is 0 Å². The average Bonchev–Trinajstić information content (AvgIpc) is 2.56. The molecule has 0 bridgehead atoms. The first kappa shape index (κ1) is 15.5. The number of amides is 2. The standard InChI is InChI=1S/C18H18N2O2/c1-3-9-19-17(21)14-7-5-13-6-8-15(12-16(13)11-14)18(22)20-10-4-2/h3-8,11-12H,1-2,9-10H2,(H,19,21)(H,20,22). The Hall–Kier alpha value is -2.88. The van der Waals surface area contributed by atoms with E-state index in [4.69, 9.17) is 0 Å². The maximum absolute atomic E-state index is 12.0. The van der Waals surface area contributed by atoms with Gasteiger partial charge in [-0.1, -0.05) is 24.3 Å². The molecule has 2 amide bonds. The summed E-state index contributed by atoms with van der Waals surface area (Å²) in [5.41, 5.74) is 1.11. The van der Waals surface area contributed by atoms with Gasteiger partial charge in [-0.2, -0.15) is 0 Å². The molecule has 0 radical (unpaired) electrons. The summed E-state index contributed by atoms with van der Waals surface area (Å²) in [6.45, 7) is 7.97. The van der Waals surface area contributed by atoms with E-state index in [9.17, 15) is 9.59 Å². The van der Waals surface area contributed by atoms with E-state index < -0.39 is 0 Å². The maximum atomic E-state index is 12.0. The first-order valence-electron chi connectivity index (χ1n) is 6.97. The average molecular weight is 294 g/mol. The largest absolute Gasteiger partial charge is 0.349 e. The summed E-state index contributed by atoms with van der Waals surface area (Å²) in [4.78, 5) is 23.9. The van der Waals surface area contributed by atoms with Crippen molar-refractivity contribution in [2.75, 3.05) is 13.1 Å². The third kappa shape index (κ3) is 3.61. The number of hydrogen-bond donors (Lipinski definition) is 2. The van der Waals surface area contributed by atoms with E-state index in [0.717, 1.165) is 10.8 Å². The van der Waals surface area contributed by atoms with Crippen LogP contribution in [0.5, 0.6) is 0 Å². The molecule has 0 spiro atoms. The van der Waals surface area contributed by atoms with Crippen LogP contribution in [0.15, 0.2) is 61.7 Å². The summed E-state index contributed by atoms with van der Waals surface area (Å²) in [6, 6.07) is 10.8. The molecule has 0 heterocycles. The lowest BCUT2D eigenvalue weighted by Crippen LogP contribution is -2.23. The molecule has 0 atom stereocenters. The predicted molar refractivity (Wildman–Crippen MR) is 89.0 cm³/mol. The van der Waals surface area contributed by atoms with Crippen LogP contribution in [-0.4, -0.2) is 24.9 Å². The summed E-state index contributed by atoms with van der Waals surface area (Å²) in [7, 11) is 0. The molecule has 0 saturated heterocycles. The van der Waals surface area contributed by atoms with Crippen LogP contribution in [0.25, 0.3) is 10.8 Å². The Balaban J connectivity index is 2.29. The minimum atomic E-state index is -0.164. The van der Waals surface area contributed by atoms with E-state index in [0.29, 0.717) is 24.2 Å². The highest BCUT2D eigenvalue weighted by Gasteiger charge is 2.08. The minimum absolute atomic E-state index is 0.164. The number of nitrogens with one attached hydrogen (secondary N) is 2. The molecule has 0 aliphatic carbocycles. The van der Waals surface area contributed by atoms with Crippen LogP contribution in [0.2, 0.25) is 0 Å².